The van der Waals surface area contributed by atoms with Crippen LogP contribution in [0.15, 0.2) is 33.0 Å². The highest BCUT2D eigenvalue weighted by molar-refractivity contribution is 7.48. The molecule has 2 aromatic carbocycles. The Bertz CT molecular complexity index is 1130. The van der Waals surface area contributed by atoms with Crippen molar-refractivity contribution in [1.29, 1.82) is 0 Å². The van der Waals surface area contributed by atoms with E-state index in [1.54, 1.807) is 30.4 Å². The molecule has 0 radical (unpaired) electrons. The number of aldehydes is 1. The van der Waals surface area contributed by atoms with Gasteiger partial charge in [0.05, 0.1) is 26.9 Å². The molecule has 0 unspecified atom stereocenters. The molecule has 1 heterocycles. The van der Waals surface area contributed by atoms with Crippen LogP contribution in [0.3, 0.4) is 0 Å². The topological polar surface area (TPSA) is 125 Å². The summed E-state index contributed by atoms with van der Waals surface area (Å²) in [6.07, 6.45) is 3.92. The predicted octanol–water partition coefficient (Wildman–Crippen LogP) is 5.49. The lowest BCUT2D eigenvalue weighted by Crippen LogP contribution is -2.01. The molecule has 0 aliphatic carbocycles. The van der Waals surface area contributed by atoms with Crippen LogP contribution in [0.25, 0.3) is 12.2 Å². The molecule has 3 rings (SSSR count). The predicted molar refractivity (Wildman–Crippen MR) is 119 cm³/mol. The van der Waals surface area contributed by atoms with E-state index in [0.29, 0.717) is 34.7 Å². The minimum Gasteiger partial charge on any atom is -0.493 e. The molecule has 33 heavy (non-hydrogen) atoms. The molecule has 0 N–H and O–H groups in total. The molecule has 0 saturated heterocycles. The number of carbonyl (C=O) groups is 1. The van der Waals surface area contributed by atoms with E-state index < -0.39 is 16.1 Å². The highest BCUT2D eigenvalue weighted by Gasteiger charge is 2.30. The van der Waals surface area contributed by atoms with Crippen molar-refractivity contribution in [3.8, 4) is 28.7 Å². The summed E-state index contributed by atoms with van der Waals surface area (Å²) in [5, 5.41) is 0. The van der Waals surface area contributed by atoms with Crippen LogP contribution < -0.4 is 23.3 Å². The van der Waals surface area contributed by atoms with E-state index >= 15 is 0 Å². The monoisotopic (exact) mass is 500 g/mol. The van der Waals surface area contributed by atoms with Crippen LogP contribution in [-0.4, -0.2) is 41.8 Å². The summed E-state index contributed by atoms with van der Waals surface area (Å²) in [5.74, 6) is 1.27. The Hall–Kier alpha value is -3.10. The Morgan fingerprint density at radius 1 is 0.818 bits per heavy atom. The van der Waals surface area contributed by atoms with E-state index in [4.69, 9.17) is 32.3 Å². The van der Waals surface area contributed by atoms with Gasteiger partial charge in [-0.2, -0.15) is 8.71 Å². The molecule has 0 bridgehead atoms. The summed E-state index contributed by atoms with van der Waals surface area (Å²) in [6.45, 7) is 0. The third-order valence-electron chi connectivity index (χ3n) is 4.39. The Morgan fingerprint density at radius 2 is 1.42 bits per heavy atom. The van der Waals surface area contributed by atoms with Crippen molar-refractivity contribution < 1.29 is 50.4 Å². The molecule has 0 amide bonds. The van der Waals surface area contributed by atoms with E-state index in [-0.39, 0.29) is 17.1 Å². The van der Waals surface area contributed by atoms with Gasteiger partial charge in [-0.05, 0) is 23.8 Å². The van der Waals surface area contributed by atoms with Gasteiger partial charge in [0.1, 0.15) is 0 Å². The number of carbonyl (C=O) groups excluding carboxylic acids is 1. The molecular weight excluding hydrogens is 478 g/mol. The molecule has 0 fully saturated rings. The first-order valence-electron chi connectivity index (χ1n) is 9.26. The second-order valence-corrected chi connectivity index (χ2v) is 8.91. The van der Waals surface area contributed by atoms with Gasteiger partial charge in [-0.15, -0.1) is 0 Å². The smallest absolute Gasteiger partial charge is 0.493 e. The fraction of sp³-hybridized carbons (Fsp3) is 0.250. The summed E-state index contributed by atoms with van der Waals surface area (Å²) in [6, 6.07) is 6.56. The average Bonchev–Trinajstić information content (AvgIpc) is 3.67. The van der Waals surface area contributed by atoms with Crippen LogP contribution in [0.4, 0.5) is 0 Å². The summed E-state index contributed by atoms with van der Waals surface area (Å²) >= 11 is 0. The molecule has 0 aliphatic rings. The van der Waals surface area contributed by atoms with Crippen LogP contribution in [0, 0.1) is 0 Å². The fourth-order valence-electron chi connectivity index (χ4n) is 2.77. The maximum Gasteiger partial charge on any atom is 0.529 e. The van der Waals surface area contributed by atoms with Crippen molar-refractivity contribution in [3.05, 3.63) is 41.0 Å². The van der Waals surface area contributed by atoms with Gasteiger partial charge in [0, 0.05) is 19.8 Å². The van der Waals surface area contributed by atoms with E-state index in [1.807, 2.05) is 0 Å². The number of ether oxygens (including phenoxy) is 3. The Labute approximate surface area is 190 Å². The number of methoxy groups -OCH3 is 3. The third-order valence-corrected chi connectivity index (χ3v) is 6.30. The SMILES string of the molecule is COc1cc(/C=C\c2ccc(C=O)c(Op3oo3)c2OP(=O)(OC)OC)cc(OC)c1OC. The van der Waals surface area contributed by atoms with Gasteiger partial charge in [0.15, 0.2) is 29.3 Å². The maximum absolute atomic E-state index is 12.7. The zero-order chi connectivity index (χ0) is 24.0. The quantitative estimate of drug-likeness (QED) is 0.136. The highest BCUT2D eigenvalue weighted by Crippen LogP contribution is 2.54. The Morgan fingerprint density at radius 3 is 1.91 bits per heavy atom. The van der Waals surface area contributed by atoms with Crippen molar-refractivity contribution in [2.75, 3.05) is 35.5 Å². The standard InChI is InChI=1S/C20H22O11P2/c1-23-16-10-13(11-17(24-2)20(16)25-3)6-7-14-8-9-15(12-21)18(28-32-30-31-32)19(14)29-33(22,26-4)27-5/h6-12H,1-5H3/b7-6-. The molecule has 178 valence electrons. The summed E-state index contributed by atoms with van der Waals surface area (Å²) in [5.41, 5.74) is 1.21. The van der Waals surface area contributed by atoms with Gasteiger partial charge in [-0.1, -0.05) is 18.2 Å². The van der Waals surface area contributed by atoms with Crippen LogP contribution in [0.1, 0.15) is 21.5 Å². The molecule has 3 aromatic rings. The van der Waals surface area contributed by atoms with Gasteiger partial charge in [0.25, 0.3) is 0 Å². The molecule has 1 aromatic heterocycles. The Balaban J connectivity index is 2.11. The lowest BCUT2D eigenvalue weighted by atomic mass is 10.1. The van der Waals surface area contributed by atoms with E-state index in [0.717, 1.165) is 14.2 Å². The van der Waals surface area contributed by atoms with Gasteiger partial charge < -0.3 is 23.3 Å². The van der Waals surface area contributed by atoms with Gasteiger partial charge >= 0.3 is 16.1 Å². The third kappa shape index (κ3) is 5.64. The van der Waals surface area contributed by atoms with Crippen molar-refractivity contribution in [2.24, 2.45) is 0 Å². The average molecular weight is 500 g/mol. The summed E-state index contributed by atoms with van der Waals surface area (Å²) in [7, 11) is 1.17. The second kappa shape index (κ2) is 10.7. The summed E-state index contributed by atoms with van der Waals surface area (Å²) < 4.78 is 59.0. The number of phosphoric acid groups is 1. The van der Waals surface area contributed by atoms with Crippen molar-refractivity contribution >= 4 is 34.5 Å². The van der Waals surface area contributed by atoms with Gasteiger partial charge in [0.2, 0.25) is 5.75 Å². The zero-order valence-electron chi connectivity index (χ0n) is 18.4. The second-order valence-electron chi connectivity index (χ2n) is 6.18. The normalized spacial score (nSPS) is 11.5. The molecule has 0 saturated carbocycles. The first kappa shape index (κ1) is 24.5. The van der Waals surface area contributed by atoms with Crippen LogP contribution in [0.2, 0.25) is 0 Å². The Kier molecular flexibility index (Phi) is 7.94. The largest absolute Gasteiger partial charge is 0.529 e. The number of hydrogen-bond acceptors (Lipinski definition) is 11. The number of benzene rings is 2. The molecule has 0 spiro atoms. The van der Waals surface area contributed by atoms with E-state index in [1.165, 1.54) is 27.4 Å². The first-order valence-corrected chi connectivity index (χ1v) is 11.8. The van der Waals surface area contributed by atoms with Crippen molar-refractivity contribution in [3.63, 3.8) is 0 Å². The molecule has 0 atom stereocenters. The van der Waals surface area contributed by atoms with Crippen LogP contribution in [-0.2, 0) is 13.6 Å². The van der Waals surface area contributed by atoms with Gasteiger partial charge in [-0.25, -0.2) is 4.57 Å². The van der Waals surface area contributed by atoms with Gasteiger partial charge in [-0.3, -0.25) is 13.8 Å². The van der Waals surface area contributed by atoms with Crippen LogP contribution >= 0.6 is 16.1 Å². The minimum absolute atomic E-state index is 0.0324. The highest BCUT2D eigenvalue weighted by atomic mass is 31.2. The maximum atomic E-state index is 12.7. The van der Waals surface area contributed by atoms with Crippen LogP contribution in [0.5, 0.6) is 28.7 Å². The number of phosphoric ester groups is 1. The van der Waals surface area contributed by atoms with E-state index in [2.05, 4.69) is 8.71 Å². The summed E-state index contributed by atoms with van der Waals surface area (Å²) in [4.78, 5) is 11.6. The molecule has 11 nitrogen and oxygen atoms in total. The lowest BCUT2D eigenvalue weighted by molar-refractivity contribution is 0.112. The number of rotatable bonds is 12. The molecule has 0 aliphatic heterocycles. The number of hydrogen-bond donors (Lipinski definition) is 0. The first-order chi connectivity index (χ1) is 15.9. The van der Waals surface area contributed by atoms with Crippen molar-refractivity contribution in [1.82, 2.24) is 0 Å². The molecule has 13 heteroatoms. The lowest BCUT2D eigenvalue weighted by Gasteiger charge is -2.18. The van der Waals surface area contributed by atoms with Crippen molar-refractivity contribution in [2.45, 2.75) is 0 Å². The molecular formula is C20H22O11P2. The minimum atomic E-state index is -4.00. The zero-order valence-corrected chi connectivity index (χ0v) is 20.2. The van der Waals surface area contributed by atoms with E-state index in [9.17, 15) is 9.36 Å². The fourth-order valence-corrected chi connectivity index (χ4v) is 3.99.